The summed E-state index contributed by atoms with van der Waals surface area (Å²) >= 11 is 0. The van der Waals surface area contributed by atoms with E-state index in [1.807, 2.05) is 65.6 Å². The van der Waals surface area contributed by atoms with Gasteiger partial charge in [-0.25, -0.2) is 9.59 Å². The Morgan fingerprint density at radius 2 is 1.33 bits per heavy atom. The maximum atomic E-state index is 12.6. The van der Waals surface area contributed by atoms with Gasteiger partial charge in [0.05, 0.1) is 14.2 Å². The van der Waals surface area contributed by atoms with E-state index in [2.05, 4.69) is 17.0 Å². The molecule has 10 heteroatoms. The summed E-state index contributed by atoms with van der Waals surface area (Å²) in [6, 6.07) is 23.9. The Hall–Kier alpha value is -4.57. The fraction of sp³-hybridized carbons (Fsp3) is 0.276. The van der Waals surface area contributed by atoms with E-state index in [-0.39, 0.29) is 12.5 Å². The van der Waals surface area contributed by atoms with Gasteiger partial charge in [0, 0.05) is 44.4 Å². The molecule has 0 bridgehead atoms. The maximum Gasteiger partial charge on any atom is 0.414 e. The van der Waals surface area contributed by atoms with Gasteiger partial charge in [0.2, 0.25) is 0 Å². The first-order valence-corrected chi connectivity index (χ1v) is 12.3. The third-order valence-electron chi connectivity index (χ3n) is 6.12. The van der Waals surface area contributed by atoms with Crippen LogP contribution < -0.4 is 14.2 Å². The van der Waals surface area contributed by atoms with Crippen molar-refractivity contribution in [2.45, 2.75) is 6.54 Å². The van der Waals surface area contributed by atoms with Crippen molar-refractivity contribution < 1.29 is 38.8 Å². The lowest BCUT2D eigenvalue weighted by atomic mass is 10.1. The lowest BCUT2D eigenvalue weighted by molar-refractivity contribution is -0.159. The van der Waals surface area contributed by atoms with Crippen LogP contribution in [0.15, 0.2) is 72.8 Å². The monoisotopic (exact) mass is 536 g/mol. The number of benzene rings is 3. The van der Waals surface area contributed by atoms with Gasteiger partial charge in [-0.15, -0.1) is 0 Å². The third-order valence-corrected chi connectivity index (χ3v) is 6.12. The van der Waals surface area contributed by atoms with Gasteiger partial charge in [0.15, 0.2) is 6.61 Å². The summed E-state index contributed by atoms with van der Waals surface area (Å²) in [6.07, 6.45) is 0. The molecule has 0 saturated carbocycles. The Bertz CT molecular complexity index is 1230. The van der Waals surface area contributed by atoms with E-state index in [9.17, 15) is 4.79 Å². The minimum Gasteiger partial charge on any atom is -0.497 e. The lowest BCUT2D eigenvalue weighted by Crippen LogP contribution is -2.49. The molecule has 1 amide bonds. The van der Waals surface area contributed by atoms with Crippen molar-refractivity contribution >= 4 is 17.8 Å². The molecule has 1 saturated heterocycles. The molecule has 0 atom stereocenters. The Kier molecular flexibility index (Phi) is 10.7. The fourth-order valence-corrected chi connectivity index (χ4v) is 3.99. The van der Waals surface area contributed by atoms with Crippen LogP contribution in [-0.2, 0) is 20.9 Å². The molecule has 1 aliphatic rings. The number of hydrogen-bond acceptors (Lipinski definition) is 7. The molecule has 3 aromatic carbocycles. The van der Waals surface area contributed by atoms with Gasteiger partial charge in [-0.3, -0.25) is 9.69 Å². The zero-order valence-electron chi connectivity index (χ0n) is 21.9. The van der Waals surface area contributed by atoms with E-state index in [1.54, 1.807) is 14.2 Å². The number of carbonyl (C=O) groups is 3. The molecule has 0 radical (unpaired) electrons. The highest BCUT2D eigenvalue weighted by Crippen LogP contribution is 2.26. The number of methoxy groups -OCH3 is 2. The number of carbonyl (C=O) groups excluding carboxylic acids is 1. The molecule has 1 aliphatic heterocycles. The van der Waals surface area contributed by atoms with Gasteiger partial charge in [-0.05, 0) is 29.3 Å². The van der Waals surface area contributed by atoms with Gasteiger partial charge in [-0.1, -0.05) is 48.5 Å². The zero-order chi connectivity index (χ0) is 28.2. The molecule has 1 fully saturated rings. The van der Waals surface area contributed by atoms with Crippen LogP contribution in [0.5, 0.6) is 17.2 Å². The highest BCUT2D eigenvalue weighted by Gasteiger charge is 2.22. The van der Waals surface area contributed by atoms with Crippen LogP contribution in [0, 0.1) is 0 Å². The van der Waals surface area contributed by atoms with E-state index >= 15 is 0 Å². The van der Waals surface area contributed by atoms with Crippen LogP contribution in [0.25, 0.3) is 11.1 Å². The molecule has 2 N–H and O–H groups in total. The van der Waals surface area contributed by atoms with Crippen molar-refractivity contribution in [3.05, 3.63) is 78.4 Å². The average Bonchev–Trinajstić information content (AvgIpc) is 2.97. The minimum atomic E-state index is -1.82. The summed E-state index contributed by atoms with van der Waals surface area (Å²) in [5.74, 6) is -1.33. The van der Waals surface area contributed by atoms with E-state index < -0.39 is 11.9 Å². The fourth-order valence-electron chi connectivity index (χ4n) is 3.99. The van der Waals surface area contributed by atoms with Gasteiger partial charge in [0.25, 0.3) is 5.91 Å². The quantitative estimate of drug-likeness (QED) is 0.417. The van der Waals surface area contributed by atoms with Gasteiger partial charge in [-0.2, -0.15) is 0 Å². The highest BCUT2D eigenvalue weighted by atomic mass is 16.5. The molecular weight excluding hydrogens is 504 g/mol. The predicted molar refractivity (Wildman–Crippen MR) is 144 cm³/mol. The smallest absolute Gasteiger partial charge is 0.414 e. The maximum absolute atomic E-state index is 12.6. The molecule has 3 aromatic rings. The number of piperazine rings is 1. The number of nitrogens with zero attached hydrogens (tertiary/aromatic N) is 2. The van der Waals surface area contributed by atoms with Gasteiger partial charge >= 0.3 is 11.9 Å². The Morgan fingerprint density at radius 3 is 1.90 bits per heavy atom. The second kappa shape index (κ2) is 14.4. The van der Waals surface area contributed by atoms with Crippen molar-refractivity contribution in [2.24, 2.45) is 0 Å². The van der Waals surface area contributed by atoms with Crippen LogP contribution >= 0.6 is 0 Å². The lowest BCUT2D eigenvalue weighted by Gasteiger charge is -2.34. The normalized spacial score (nSPS) is 13.0. The molecule has 0 unspecified atom stereocenters. The standard InChI is InChI=1S/C27H30N2O4.C2H2O4/c1-31-25-13-10-23(26(18-25)32-2)19-28-14-16-29(17-15-28)27(30)20-33-24-11-8-22(9-12-24)21-6-4-3-5-7-21;3-1(4)2(5)6/h3-13,18H,14-17,19-20H2,1-2H3;(H,3,4)(H,5,6). The number of aliphatic carboxylic acids is 2. The molecule has 0 spiro atoms. The Morgan fingerprint density at radius 1 is 0.744 bits per heavy atom. The molecule has 1 heterocycles. The van der Waals surface area contributed by atoms with Crippen molar-refractivity contribution in [2.75, 3.05) is 47.0 Å². The molecule has 0 aliphatic carbocycles. The summed E-state index contributed by atoms with van der Waals surface area (Å²) in [7, 11) is 3.32. The van der Waals surface area contributed by atoms with Crippen LogP contribution in [0.2, 0.25) is 0 Å². The Labute approximate surface area is 226 Å². The molecule has 0 aromatic heterocycles. The average molecular weight is 537 g/mol. The van der Waals surface area contributed by atoms with Crippen LogP contribution in [0.3, 0.4) is 0 Å². The summed E-state index contributed by atoms with van der Waals surface area (Å²) in [4.78, 5) is 35.0. The first-order chi connectivity index (χ1) is 18.8. The summed E-state index contributed by atoms with van der Waals surface area (Å²) in [6.45, 7) is 3.83. The largest absolute Gasteiger partial charge is 0.497 e. The van der Waals surface area contributed by atoms with E-state index in [0.717, 1.165) is 47.8 Å². The van der Waals surface area contributed by atoms with Crippen molar-refractivity contribution in [1.29, 1.82) is 0 Å². The van der Waals surface area contributed by atoms with Crippen molar-refractivity contribution in [1.82, 2.24) is 9.80 Å². The number of carboxylic acid groups (broad SMARTS) is 2. The Balaban J connectivity index is 0.000000631. The number of amides is 1. The van der Waals surface area contributed by atoms with E-state index in [4.69, 9.17) is 34.0 Å². The second-order valence-corrected chi connectivity index (χ2v) is 8.62. The minimum absolute atomic E-state index is 0.0174. The first kappa shape index (κ1) is 29.0. The van der Waals surface area contributed by atoms with E-state index in [1.165, 1.54) is 0 Å². The second-order valence-electron chi connectivity index (χ2n) is 8.62. The highest BCUT2D eigenvalue weighted by molar-refractivity contribution is 6.27. The SMILES string of the molecule is COc1ccc(CN2CCN(C(=O)COc3ccc(-c4ccccc4)cc3)CC2)c(OC)c1.O=C(O)C(=O)O. The summed E-state index contributed by atoms with van der Waals surface area (Å²) in [5.41, 5.74) is 3.39. The van der Waals surface area contributed by atoms with E-state index in [0.29, 0.717) is 18.8 Å². The number of ether oxygens (including phenoxy) is 3. The van der Waals surface area contributed by atoms with Crippen molar-refractivity contribution in [3.63, 3.8) is 0 Å². The molecule has 206 valence electrons. The number of rotatable bonds is 8. The van der Waals surface area contributed by atoms with Gasteiger partial charge < -0.3 is 29.3 Å². The summed E-state index contributed by atoms with van der Waals surface area (Å²) < 4.78 is 16.5. The molecular formula is C29H32N2O8. The van der Waals surface area contributed by atoms with Crippen LogP contribution in [0.1, 0.15) is 5.56 Å². The molecule has 4 rings (SSSR count). The topological polar surface area (TPSA) is 126 Å². The number of hydrogen-bond donors (Lipinski definition) is 2. The molecule has 10 nitrogen and oxygen atoms in total. The van der Waals surface area contributed by atoms with Crippen LogP contribution in [0.4, 0.5) is 0 Å². The van der Waals surface area contributed by atoms with Crippen molar-refractivity contribution in [3.8, 4) is 28.4 Å². The third kappa shape index (κ3) is 8.75. The predicted octanol–water partition coefficient (Wildman–Crippen LogP) is 3.25. The first-order valence-electron chi connectivity index (χ1n) is 12.3. The number of carboxylic acids is 2. The summed E-state index contributed by atoms with van der Waals surface area (Å²) in [5, 5.41) is 14.8. The molecule has 39 heavy (non-hydrogen) atoms. The zero-order valence-corrected chi connectivity index (χ0v) is 21.9. The van der Waals surface area contributed by atoms with Crippen LogP contribution in [-0.4, -0.2) is 84.9 Å². The van der Waals surface area contributed by atoms with Gasteiger partial charge in [0.1, 0.15) is 17.2 Å².